The Labute approximate surface area is 95.1 Å². The molecule has 1 rings (SSSR count). The Hall–Kier alpha value is -1.11. The Kier molecular flexibility index (Phi) is 4.28. The fraction of sp³-hybridized carbons (Fsp3) is 0.400. The average Bonchev–Trinajstić information content (AvgIpc) is 2.28. The topological polar surface area (TPSA) is 75.6 Å². The van der Waals surface area contributed by atoms with E-state index in [1.807, 2.05) is 0 Å². The first-order chi connectivity index (χ1) is 7.51. The molecule has 0 bridgehead atoms. The molecular formula is C10H15NO4S. The van der Waals surface area contributed by atoms with Crippen LogP contribution in [0.5, 0.6) is 5.75 Å². The second-order valence-corrected chi connectivity index (χ2v) is 5.04. The second-order valence-electron chi connectivity index (χ2n) is 3.36. The third kappa shape index (κ3) is 2.94. The number of rotatable bonds is 5. The molecule has 0 aliphatic carbocycles. The molecule has 0 spiro atoms. The first-order valence-corrected chi connectivity index (χ1v) is 6.25. The van der Waals surface area contributed by atoms with E-state index in [2.05, 4.69) is 4.72 Å². The van der Waals surface area contributed by atoms with Gasteiger partial charge in [0.2, 0.25) is 10.0 Å². The van der Waals surface area contributed by atoms with Crippen LogP contribution in [0.1, 0.15) is 6.92 Å². The summed E-state index contributed by atoms with van der Waals surface area (Å²) in [6.45, 7) is 1.32. The number of aliphatic hydroxyl groups excluding tert-OH is 1. The lowest BCUT2D eigenvalue weighted by Gasteiger charge is -2.13. The molecule has 0 aliphatic rings. The highest BCUT2D eigenvalue weighted by atomic mass is 32.2. The molecule has 5 nitrogen and oxygen atoms in total. The van der Waals surface area contributed by atoms with Crippen molar-refractivity contribution in [1.82, 2.24) is 4.72 Å². The summed E-state index contributed by atoms with van der Waals surface area (Å²) in [6, 6.07) is 5.78. The third-order valence-corrected chi connectivity index (χ3v) is 3.62. The van der Waals surface area contributed by atoms with Gasteiger partial charge in [-0.1, -0.05) is 12.1 Å². The predicted molar refractivity (Wildman–Crippen MR) is 59.9 cm³/mol. The van der Waals surface area contributed by atoms with Crippen LogP contribution >= 0.6 is 0 Å². The molecule has 0 saturated carbocycles. The summed E-state index contributed by atoms with van der Waals surface area (Å²) in [7, 11) is -2.24. The molecule has 0 unspecified atom stereocenters. The van der Waals surface area contributed by atoms with E-state index in [0.717, 1.165) is 0 Å². The van der Waals surface area contributed by atoms with Gasteiger partial charge in [-0.05, 0) is 19.1 Å². The van der Waals surface area contributed by atoms with E-state index in [9.17, 15) is 8.42 Å². The molecule has 1 aromatic rings. The zero-order chi connectivity index (χ0) is 12.2. The number of nitrogens with one attached hydrogen (secondary N) is 1. The normalized spacial score (nSPS) is 13.4. The molecule has 16 heavy (non-hydrogen) atoms. The van der Waals surface area contributed by atoms with Crippen molar-refractivity contribution in [1.29, 1.82) is 0 Å². The van der Waals surface area contributed by atoms with Gasteiger partial charge in [0.25, 0.3) is 0 Å². The van der Waals surface area contributed by atoms with Crippen molar-refractivity contribution >= 4 is 10.0 Å². The number of hydrogen-bond acceptors (Lipinski definition) is 4. The minimum Gasteiger partial charge on any atom is -0.495 e. The minimum absolute atomic E-state index is 0.0674. The molecule has 90 valence electrons. The lowest BCUT2D eigenvalue weighted by atomic mass is 10.3. The Bertz CT molecular complexity index is 444. The van der Waals surface area contributed by atoms with Crippen LogP contribution in [0, 0.1) is 0 Å². The van der Waals surface area contributed by atoms with Crippen LogP contribution in [0.4, 0.5) is 0 Å². The van der Waals surface area contributed by atoms with Crippen LogP contribution in [0.15, 0.2) is 29.2 Å². The van der Waals surface area contributed by atoms with Gasteiger partial charge in [-0.25, -0.2) is 13.1 Å². The van der Waals surface area contributed by atoms with Crippen LogP contribution in [0.3, 0.4) is 0 Å². The lowest BCUT2D eigenvalue weighted by molar-refractivity contribution is 0.265. The summed E-state index contributed by atoms with van der Waals surface area (Å²) in [4.78, 5) is 0.0674. The molecule has 0 aliphatic heterocycles. The van der Waals surface area contributed by atoms with Gasteiger partial charge in [0.1, 0.15) is 10.6 Å². The summed E-state index contributed by atoms with van der Waals surface area (Å²) >= 11 is 0. The second kappa shape index (κ2) is 5.29. The predicted octanol–water partition coefficient (Wildman–Crippen LogP) is 0.354. The molecular weight excluding hydrogens is 230 g/mol. The molecule has 0 aromatic heterocycles. The Balaban J connectivity index is 3.07. The van der Waals surface area contributed by atoms with Gasteiger partial charge in [0.05, 0.1) is 13.7 Å². The molecule has 0 heterocycles. The van der Waals surface area contributed by atoms with Gasteiger partial charge in [0.15, 0.2) is 0 Å². The van der Waals surface area contributed by atoms with Gasteiger partial charge >= 0.3 is 0 Å². The largest absolute Gasteiger partial charge is 0.495 e. The number of aliphatic hydroxyl groups is 1. The smallest absolute Gasteiger partial charge is 0.244 e. The highest BCUT2D eigenvalue weighted by molar-refractivity contribution is 7.89. The van der Waals surface area contributed by atoms with Crippen molar-refractivity contribution in [3.8, 4) is 5.75 Å². The van der Waals surface area contributed by atoms with Crippen molar-refractivity contribution in [2.24, 2.45) is 0 Å². The fourth-order valence-corrected chi connectivity index (χ4v) is 2.61. The molecule has 1 aromatic carbocycles. The quantitative estimate of drug-likeness (QED) is 0.785. The van der Waals surface area contributed by atoms with Crippen LogP contribution in [0.2, 0.25) is 0 Å². The minimum atomic E-state index is -3.65. The number of sulfonamides is 1. The molecule has 1 atom stereocenters. The van der Waals surface area contributed by atoms with Crippen LogP contribution in [0.25, 0.3) is 0 Å². The summed E-state index contributed by atoms with van der Waals surface area (Å²) in [5.41, 5.74) is 0. The van der Waals surface area contributed by atoms with Crippen LogP contribution in [-0.2, 0) is 10.0 Å². The summed E-state index contributed by atoms with van der Waals surface area (Å²) in [5.74, 6) is 0.278. The number of hydrogen-bond donors (Lipinski definition) is 2. The molecule has 0 radical (unpaired) electrons. The maximum Gasteiger partial charge on any atom is 0.244 e. The monoisotopic (exact) mass is 245 g/mol. The van der Waals surface area contributed by atoms with E-state index in [0.29, 0.717) is 0 Å². The van der Waals surface area contributed by atoms with Crippen LogP contribution < -0.4 is 9.46 Å². The maximum atomic E-state index is 11.9. The van der Waals surface area contributed by atoms with E-state index < -0.39 is 16.1 Å². The SMILES string of the molecule is COc1ccccc1S(=O)(=O)N[C@@H](C)CO. The highest BCUT2D eigenvalue weighted by Gasteiger charge is 2.20. The highest BCUT2D eigenvalue weighted by Crippen LogP contribution is 2.22. The molecule has 0 fully saturated rings. The Morgan fingerprint density at radius 3 is 2.62 bits per heavy atom. The fourth-order valence-electron chi connectivity index (χ4n) is 1.21. The van der Waals surface area contributed by atoms with Crippen LogP contribution in [-0.4, -0.2) is 33.3 Å². The maximum absolute atomic E-state index is 11.9. The Morgan fingerprint density at radius 1 is 1.44 bits per heavy atom. The standard InChI is InChI=1S/C10H15NO4S/c1-8(7-12)11-16(13,14)10-6-4-3-5-9(10)15-2/h3-6,8,11-12H,7H2,1-2H3/t8-/m0/s1. The number of ether oxygens (including phenoxy) is 1. The molecule has 0 amide bonds. The molecule has 0 saturated heterocycles. The first kappa shape index (κ1) is 13.0. The van der Waals surface area contributed by atoms with E-state index in [4.69, 9.17) is 9.84 Å². The van der Waals surface area contributed by atoms with Crippen molar-refractivity contribution in [2.45, 2.75) is 17.9 Å². The molecule has 2 N–H and O–H groups in total. The van der Waals surface area contributed by atoms with E-state index >= 15 is 0 Å². The lowest BCUT2D eigenvalue weighted by Crippen LogP contribution is -2.35. The summed E-state index contributed by atoms with van der Waals surface area (Å²) < 4.78 is 31.1. The number of para-hydroxylation sites is 1. The van der Waals surface area contributed by atoms with E-state index in [-0.39, 0.29) is 17.3 Å². The van der Waals surface area contributed by atoms with E-state index in [1.165, 1.54) is 13.2 Å². The van der Waals surface area contributed by atoms with Gasteiger partial charge < -0.3 is 9.84 Å². The first-order valence-electron chi connectivity index (χ1n) is 4.77. The number of methoxy groups -OCH3 is 1. The summed E-state index contributed by atoms with van der Waals surface area (Å²) in [6.07, 6.45) is 0. The zero-order valence-electron chi connectivity index (χ0n) is 9.17. The van der Waals surface area contributed by atoms with Gasteiger partial charge in [-0.15, -0.1) is 0 Å². The molecule has 6 heteroatoms. The average molecular weight is 245 g/mol. The third-order valence-electron chi connectivity index (χ3n) is 1.99. The number of benzene rings is 1. The zero-order valence-corrected chi connectivity index (χ0v) is 9.99. The Morgan fingerprint density at radius 2 is 2.06 bits per heavy atom. The van der Waals surface area contributed by atoms with Crippen molar-refractivity contribution in [3.63, 3.8) is 0 Å². The van der Waals surface area contributed by atoms with E-state index in [1.54, 1.807) is 25.1 Å². The van der Waals surface area contributed by atoms with Crippen molar-refractivity contribution in [3.05, 3.63) is 24.3 Å². The van der Waals surface area contributed by atoms with Crippen molar-refractivity contribution in [2.75, 3.05) is 13.7 Å². The summed E-state index contributed by atoms with van der Waals surface area (Å²) in [5, 5.41) is 8.81. The van der Waals surface area contributed by atoms with Gasteiger partial charge in [-0.2, -0.15) is 0 Å². The van der Waals surface area contributed by atoms with Crippen molar-refractivity contribution < 1.29 is 18.3 Å². The van der Waals surface area contributed by atoms with Gasteiger partial charge in [0, 0.05) is 6.04 Å². The van der Waals surface area contributed by atoms with Gasteiger partial charge in [-0.3, -0.25) is 0 Å².